The molecule has 5 nitrogen and oxygen atoms in total. The molecule has 0 N–H and O–H groups in total. The van der Waals surface area contributed by atoms with Gasteiger partial charge in [0.1, 0.15) is 11.4 Å². The molecule has 0 radical (unpaired) electrons. The van der Waals surface area contributed by atoms with Gasteiger partial charge in [0.2, 0.25) is 0 Å². The molecule has 1 rings (SSSR count). The minimum Gasteiger partial charge on any atom is -0.493 e. The zero-order valence-electron chi connectivity index (χ0n) is 13.9. The summed E-state index contributed by atoms with van der Waals surface area (Å²) in [5.41, 5.74) is 0.738. The normalized spacial score (nSPS) is 11.0. The average Bonchev–Trinajstić information content (AvgIpc) is 2.42. The van der Waals surface area contributed by atoms with E-state index in [1.54, 1.807) is 25.1 Å². The van der Waals surface area contributed by atoms with Crippen molar-refractivity contribution >= 4 is 11.9 Å². The highest BCUT2D eigenvalue weighted by Gasteiger charge is 2.16. The average molecular weight is 308 g/mol. The van der Waals surface area contributed by atoms with Crippen molar-refractivity contribution in [2.45, 2.75) is 46.1 Å². The van der Waals surface area contributed by atoms with Crippen LogP contribution in [0.2, 0.25) is 0 Å². The maximum atomic E-state index is 11.6. The van der Waals surface area contributed by atoms with Crippen LogP contribution in [-0.4, -0.2) is 31.3 Å². The van der Waals surface area contributed by atoms with Gasteiger partial charge in [-0.25, -0.2) is 4.79 Å². The van der Waals surface area contributed by atoms with Crippen molar-refractivity contribution in [1.29, 1.82) is 0 Å². The topological polar surface area (TPSA) is 61.8 Å². The molecule has 0 aromatic heterocycles. The largest absolute Gasteiger partial charge is 0.493 e. The highest BCUT2D eigenvalue weighted by molar-refractivity contribution is 5.91. The molecule has 5 heteroatoms. The summed E-state index contributed by atoms with van der Waals surface area (Å²) >= 11 is 0. The first kappa shape index (κ1) is 18.0. The Labute approximate surface area is 131 Å². The van der Waals surface area contributed by atoms with E-state index in [1.165, 1.54) is 7.11 Å². The molecule has 122 valence electrons. The molecule has 0 aliphatic heterocycles. The van der Waals surface area contributed by atoms with Gasteiger partial charge in [-0.05, 0) is 46.2 Å². The van der Waals surface area contributed by atoms with E-state index in [0.29, 0.717) is 30.8 Å². The molecule has 0 fully saturated rings. The number of esters is 2. The van der Waals surface area contributed by atoms with Crippen LogP contribution in [0.1, 0.15) is 49.5 Å². The van der Waals surface area contributed by atoms with Gasteiger partial charge in [0.15, 0.2) is 0 Å². The van der Waals surface area contributed by atoms with Gasteiger partial charge in [-0.2, -0.15) is 0 Å². The summed E-state index contributed by atoms with van der Waals surface area (Å²) in [6.07, 6.45) is 0.851. The Morgan fingerprint density at radius 1 is 1.18 bits per heavy atom. The molecule has 1 aromatic carbocycles. The van der Waals surface area contributed by atoms with E-state index in [2.05, 4.69) is 0 Å². The first-order valence-corrected chi connectivity index (χ1v) is 7.27. The van der Waals surface area contributed by atoms with Crippen LogP contribution in [0.25, 0.3) is 0 Å². The standard InChI is InChI=1S/C17H24O5/c1-12-13(16(19)20-5)8-6-9-14(12)21-11-7-10-15(18)22-17(2,3)4/h6,8-9H,7,10-11H2,1-5H3. The Morgan fingerprint density at radius 2 is 1.86 bits per heavy atom. The van der Waals surface area contributed by atoms with E-state index in [0.717, 1.165) is 5.56 Å². The second-order valence-electron chi connectivity index (χ2n) is 5.96. The molecule has 0 saturated heterocycles. The van der Waals surface area contributed by atoms with E-state index >= 15 is 0 Å². The van der Waals surface area contributed by atoms with Gasteiger partial charge < -0.3 is 14.2 Å². The lowest BCUT2D eigenvalue weighted by molar-refractivity contribution is -0.155. The van der Waals surface area contributed by atoms with Crippen molar-refractivity contribution in [3.63, 3.8) is 0 Å². The van der Waals surface area contributed by atoms with E-state index in [4.69, 9.17) is 14.2 Å². The lowest BCUT2D eigenvalue weighted by Crippen LogP contribution is -2.24. The highest BCUT2D eigenvalue weighted by Crippen LogP contribution is 2.22. The maximum Gasteiger partial charge on any atom is 0.338 e. The van der Waals surface area contributed by atoms with Crippen LogP contribution in [0.15, 0.2) is 18.2 Å². The molecule has 0 amide bonds. The monoisotopic (exact) mass is 308 g/mol. The van der Waals surface area contributed by atoms with Crippen molar-refractivity contribution in [1.82, 2.24) is 0 Å². The van der Waals surface area contributed by atoms with Crippen LogP contribution in [0.5, 0.6) is 5.75 Å². The Hall–Kier alpha value is -2.04. The first-order chi connectivity index (χ1) is 10.2. The summed E-state index contributed by atoms with van der Waals surface area (Å²) in [4.78, 5) is 23.2. The molecule has 22 heavy (non-hydrogen) atoms. The number of ether oxygens (including phenoxy) is 3. The molecule has 0 saturated carbocycles. The van der Waals surface area contributed by atoms with Crippen LogP contribution in [0.4, 0.5) is 0 Å². The summed E-state index contributed by atoms with van der Waals surface area (Å²) in [6.45, 7) is 7.69. The molecule has 0 heterocycles. The summed E-state index contributed by atoms with van der Waals surface area (Å²) in [6, 6.07) is 5.21. The Bertz CT molecular complexity index is 528. The van der Waals surface area contributed by atoms with Crippen molar-refractivity contribution in [2.24, 2.45) is 0 Å². The van der Waals surface area contributed by atoms with Crippen molar-refractivity contribution < 1.29 is 23.8 Å². The number of benzene rings is 1. The van der Waals surface area contributed by atoms with Crippen molar-refractivity contribution in [3.8, 4) is 5.75 Å². The third-order valence-corrected chi connectivity index (χ3v) is 2.89. The summed E-state index contributed by atoms with van der Waals surface area (Å²) < 4.78 is 15.6. The molecule has 0 unspecified atom stereocenters. The molecular formula is C17H24O5. The predicted octanol–water partition coefficient (Wildman–Crippen LogP) is 3.28. The van der Waals surface area contributed by atoms with Gasteiger partial charge in [0.25, 0.3) is 0 Å². The molecule has 0 aliphatic rings. The molecule has 0 bridgehead atoms. The minimum atomic E-state index is -0.469. The van der Waals surface area contributed by atoms with Crippen LogP contribution in [-0.2, 0) is 14.3 Å². The summed E-state index contributed by atoms with van der Waals surface area (Å²) in [5, 5.41) is 0. The molecule has 0 atom stereocenters. The fraction of sp³-hybridized carbons (Fsp3) is 0.529. The van der Waals surface area contributed by atoms with Gasteiger partial charge in [-0.3, -0.25) is 4.79 Å². The van der Waals surface area contributed by atoms with E-state index in [-0.39, 0.29) is 5.97 Å². The van der Waals surface area contributed by atoms with E-state index in [9.17, 15) is 9.59 Å². The number of hydrogen-bond donors (Lipinski definition) is 0. The SMILES string of the molecule is COC(=O)c1cccc(OCCCC(=O)OC(C)(C)C)c1C. The minimum absolute atomic E-state index is 0.240. The molecule has 0 spiro atoms. The van der Waals surface area contributed by atoms with E-state index in [1.807, 2.05) is 20.8 Å². The van der Waals surface area contributed by atoms with Gasteiger partial charge in [-0.15, -0.1) is 0 Å². The van der Waals surface area contributed by atoms with Gasteiger partial charge >= 0.3 is 11.9 Å². The van der Waals surface area contributed by atoms with E-state index < -0.39 is 11.6 Å². The van der Waals surface area contributed by atoms with Crippen LogP contribution in [0, 0.1) is 6.92 Å². The summed E-state index contributed by atoms with van der Waals surface area (Å²) in [7, 11) is 1.34. The van der Waals surface area contributed by atoms with Gasteiger partial charge in [-0.1, -0.05) is 6.07 Å². The number of rotatable bonds is 6. The third kappa shape index (κ3) is 5.76. The van der Waals surface area contributed by atoms with Crippen molar-refractivity contribution in [3.05, 3.63) is 29.3 Å². The number of carbonyl (C=O) groups is 2. The van der Waals surface area contributed by atoms with Crippen molar-refractivity contribution in [2.75, 3.05) is 13.7 Å². The zero-order valence-corrected chi connectivity index (χ0v) is 13.9. The molecule has 0 aliphatic carbocycles. The second kappa shape index (κ2) is 7.82. The quantitative estimate of drug-likeness (QED) is 0.596. The number of methoxy groups -OCH3 is 1. The Balaban J connectivity index is 2.49. The lowest BCUT2D eigenvalue weighted by atomic mass is 10.1. The third-order valence-electron chi connectivity index (χ3n) is 2.89. The first-order valence-electron chi connectivity index (χ1n) is 7.27. The fourth-order valence-electron chi connectivity index (χ4n) is 1.89. The fourth-order valence-corrected chi connectivity index (χ4v) is 1.89. The predicted molar refractivity (Wildman–Crippen MR) is 83.1 cm³/mol. The maximum absolute atomic E-state index is 11.6. The smallest absolute Gasteiger partial charge is 0.338 e. The highest BCUT2D eigenvalue weighted by atomic mass is 16.6. The Kier molecular flexibility index (Phi) is 6.40. The number of hydrogen-bond acceptors (Lipinski definition) is 5. The van der Waals surface area contributed by atoms with Crippen LogP contribution in [0.3, 0.4) is 0 Å². The lowest BCUT2D eigenvalue weighted by Gasteiger charge is -2.19. The Morgan fingerprint density at radius 3 is 2.45 bits per heavy atom. The molecular weight excluding hydrogens is 284 g/mol. The van der Waals surface area contributed by atoms with Crippen LogP contribution >= 0.6 is 0 Å². The zero-order chi connectivity index (χ0) is 16.8. The van der Waals surface area contributed by atoms with Gasteiger partial charge in [0, 0.05) is 12.0 Å². The van der Waals surface area contributed by atoms with Gasteiger partial charge in [0.05, 0.1) is 19.3 Å². The molecule has 1 aromatic rings. The van der Waals surface area contributed by atoms with Crippen LogP contribution < -0.4 is 4.74 Å². The number of carbonyl (C=O) groups excluding carboxylic acids is 2. The second-order valence-corrected chi connectivity index (χ2v) is 5.96. The summed E-state index contributed by atoms with van der Waals surface area (Å²) in [5.74, 6) is -0.0140.